The quantitative estimate of drug-likeness (QED) is 0.766. The number of fused-ring (bicyclic) bond motifs is 1. The van der Waals surface area contributed by atoms with Crippen molar-refractivity contribution in [2.45, 2.75) is 58.9 Å². The van der Waals surface area contributed by atoms with Gasteiger partial charge >= 0.3 is 7.12 Å². The summed E-state index contributed by atoms with van der Waals surface area (Å²) >= 11 is 0. The molecule has 2 aromatic rings. The van der Waals surface area contributed by atoms with Crippen molar-refractivity contribution in [3.63, 3.8) is 0 Å². The van der Waals surface area contributed by atoms with Crippen LogP contribution in [0.3, 0.4) is 0 Å². The van der Waals surface area contributed by atoms with E-state index < -0.39 is 18.3 Å². The summed E-state index contributed by atoms with van der Waals surface area (Å²) in [6.07, 6.45) is 1.67. The summed E-state index contributed by atoms with van der Waals surface area (Å²) in [5, 5.41) is 0. The average Bonchev–Trinajstić information content (AvgIpc) is 3.04. The van der Waals surface area contributed by atoms with Gasteiger partial charge in [-0.25, -0.2) is 4.39 Å². The molecule has 2 aliphatic heterocycles. The molecule has 1 amide bonds. The molecular formula is C21H24BFN2O3. The van der Waals surface area contributed by atoms with Crippen LogP contribution < -0.4 is 5.46 Å². The monoisotopic (exact) mass is 382 g/mol. The second-order valence-electron chi connectivity index (χ2n) is 8.55. The van der Waals surface area contributed by atoms with Crippen molar-refractivity contribution in [3.05, 3.63) is 58.7 Å². The number of pyridine rings is 1. The lowest BCUT2D eigenvalue weighted by Crippen LogP contribution is -2.41. The second kappa shape index (κ2) is 6.39. The van der Waals surface area contributed by atoms with Crippen LogP contribution in [0, 0.1) is 12.7 Å². The van der Waals surface area contributed by atoms with Crippen LogP contribution in [0.25, 0.3) is 0 Å². The normalized spacial score (nSPS) is 20.0. The molecule has 4 rings (SSSR count). The number of nitrogens with zero attached hydrogens (tertiary/aromatic N) is 2. The average molecular weight is 382 g/mol. The molecule has 0 bridgehead atoms. The minimum atomic E-state index is -0.617. The van der Waals surface area contributed by atoms with Gasteiger partial charge in [0.05, 0.1) is 29.0 Å². The lowest BCUT2D eigenvalue weighted by atomic mass is 9.77. The van der Waals surface area contributed by atoms with Crippen LogP contribution in [0.1, 0.15) is 54.9 Å². The van der Waals surface area contributed by atoms with Crippen LogP contribution in [0.5, 0.6) is 0 Å². The Kier molecular flexibility index (Phi) is 4.36. The van der Waals surface area contributed by atoms with E-state index in [1.165, 1.54) is 6.07 Å². The maximum atomic E-state index is 15.0. The number of carbonyl (C=O) groups is 1. The maximum absolute atomic E-state index is 15.0. The molecule has 1 fully saturated rings. The first-order chi connectivity index (χ1) is 13.1. The third-order valence-electron chi connectivity index (χ3n) is 6.06. The van der Waals surface area contributed by atoms with Crippen LogP contribution in [0.2, 0.25) is 0 Å². The molecule has 1 aromatic carbocycles. The Balaban J connectivity index is 1.57. The van der Waals surface area contributed by atoms with Crippen molar-refractivity contribution in [2.75, 3.05) is 0 Å². The number of benzene rings is 1. The smallest absolute Gasteiger partial charge is 0.399 e. The molecule has 0 unspecified atom stereocenters. The highest BCUT2D eigenvalue weighted by Crippen LogP contribution is 2.36. The summed E-state index contributed by atoms with van der Waals surface area (Å²) in [7, 11) is -0.617. The van der Waals surface area contributed by atoms with Gasteiger partial charge in [-0.2, -0.15) is 0 Å². The first-order valence-corrected chi connectivity index (χ1v) is 9.47. The van der Waals surface area contributed by atoms with E-state index in [0.29, 0.717) is 23.1 Å². The van der Waals surface area contributed by atoms with E-state index in [4.69, 9.17) is 9.31 Å². The molecule has 0 radical (unpaired) electrons. The number of rotatable bonds is 3. The summed E-state index contributed by atoms with van der Waals surface area (Å²) < 4.78 is 27.1. The van der Waals surface area contributed by atoms with Gasteiger partial charge in [0.15, 0.2) is 0 Å². The third kappa shape index (κ3) is 3.03. The van der Waals surface area contributed by atoms with E-state index in [2.05, 4.69) is 4.98 Å². The minimum Gasteiger partial charge on any atom is -0.399 e. The molecular weight excluding hydrogens is 358 g/mol. The summed E-state index contributed by atoms with van der Waals surface area (Å²) in [6, 6.07) is 6.84. The van der Waals surface area contributed by atoms with E-state index in [-0.39, 0.29) is 18.3 Å². The topological polar surface area (TPSA) is 51.7 Å². The van der Waals surface area contributed by atoms with Crippen molar-refractivity contribution < 1.29 is 18.5 Å². The zero-order valence-corrected chi connectivity index (χ0v) is 16.9. The van der Waals surface area contributed by atoms with Gasteiger partial charge in [-0.15, -0.1) is 0 Å². The Bertz CT molecular complexity index is 921. The molecule has 0 spiro atoms. The van der Waals surface area contributed by atoms with E-state index in [0.717, 1.165) is 11.3 Å². The molecule has 1 aromatic heterocycles. The second-order valence-corrected chi connectivity index (χ2v) is 8.55. The van der Waals surface area contributed by atoms with Crippen molar-refractivity contribution in [2.24, 2.45) is 0 Å². The standard InChI is InChI=1S/C21H24BFN2O3/c1-13-9-14(22-27-20(2,3)21(4,5)28-22)10-17(23)16(13)11-25-12-18-15(19(25)26)7-6-8-24-18/h6-10H,11-12H2,1-5H3. The first kappa shape index (κ1) is 19.1. The number of carbonyl (C=O) groups excluding carboxylic acids is 1. The summed E-state index contributed by atoms with van der Waals surface area (Å²) in [6.45, 7) is 10.3. The first-order valence-electron chi connectivity index (χ1n) is 9.47. The van der Waals surface area contributed by atoms with Crippen LogP contribution in [-0.2, 0) is 22.4 Å². The Labute approximate surface area is 165 Å². The van der Waals surface area contributed by atoms with Crippen molar-refractivity contribution in [1.82, 2.24) is 9.88 Å². The third-order valence-corrected chi connectivity index (χ3v) is 6.06. The van der Waals surface area contributed by atoms with E-state index in [9.17, 15) is 9.18 Å². The fraction of sp³-hybridized carbons (Fsp3) is 0.429. The minimum absolute atomic E-state index is 0.114. The van der Waals surface area contributed by atoms with Crippen molar-refractivity contribution in [1.29, 1.82) is 0 Å². The SMILES string of the molecule is Cc1cc(B2OC(C)(C)C(C)(C)O2)cc(F)c1CN1Cc2ncccc2C1=O. The van der Waals surface area contributed by atoms with Gasteiger partial charge in [0.1, 0.15) is 5.82 Å². The summed E-state index contributed by atoms with van der Waals surface area (Å²) in [5.41, 5.74) is 2.27. The number of halogens is 1. The van der Waals surface area contributed by atoms with Crippen LogP contribution >= 0.6 is 0 Å². The summed E-state index contributed by atoms with van der Waals surface area (Å²) in [5.74, 6) is -0.474. The molecule has 146 valence electrons. The number of hydrogen-bond donors (Lipinski definition) is 0. The van der Waals surface area contributed by atoms with Gasteiger partial charge in [-0.3, -0.25) is 9.78 Å². The zero-order chi connectivity index (χ0) is 20.3. The Morgan fingerprint density at radius 1 is 1.21 bits per heavy atom. The zero-order valence-electron chi connectivity index (χ0n) is 16.9. The lowest BCUT2D eigenvalue weighted by molar-refractivity contribution is 0.00578. The van der Waals surface area contributed by atoms with Gasteiger partial charge in [0.2, 0.25) is 0 Å². The van der Waals surface area contributed by atoms with Gasteiger partial charge in [-0.05, 0) is 63.8 Å². The van der Waals surface area contributed by atoms with Gasteiger partial charge < -0.3 is 14.2 Å². The number of hydrogen-bond acceptors (Lipinski definition) is 4. The molecule has 7 heteroatoms. The van der Waals surface area contributed by atoms with Crippen LogP contribution in [0.15, 0.2) is 30.5 Å². The van der Waals surface area contributed by atoms with Crippen LogP contribution in [0.4, 0.5) is 4.39 Å². The Morgan fingerprint density at radius 3 is 2.50 bits per heavy atom. The highest BCUT2D eigenvalue weighted by molar-refractivity contribution is 6.62. The molecule has 0 N–H and O–H groups in total. The molecule has 0 aliphatic carbocycles. The Morgan fingerprint density at radius 2 is 1.89 bits per heavy atom. The maximum Gasteiger partial charge on any atom is 0.494 e. The van der Waals surface area contributed by atoms with Gasteiger partial charge in [0, 0.05) is 18.3 Å². The van der Waals surface area contributed by atoms with Gasteiger partial charge in [0.25, 0.3) is 5.91 Å². The van der Waals surface area contributed by atoms with E-state index in [1.54, 1.807) is 23.2 Å². The fourth-order valence-corrected chi connectivity index (χ4v) is 3.62. The van der Waals surface area contributed by atoms with Gasteiger partial charge in [-0.1, -0.05) is 6.07 Å². The number of aryl methyl sites for hydroxylation is 1. The fourth-order valence-electron chi connectivity index (χ4n) is 3.62. The van der Waals surface area contributed by atoms with E-state index >= 15 is 0 Å². The highest BCUT2D eigenvalue weighted by Gasteiger charge is 2.51. The molecule has 0 saturated carbocycles. The largest absolute Gasteiger partial charge is 0.494 e. The van der Waals surface area contributed by atoms with Crippen molar-refractivity contribution in [3.8, 4) is 0 Å². The van der Waals surface area contributed by atoms with Crippen molar-refractivity contribution >= 4 is 18.5 Å². The molecule has 28 heavy (non-hydrogen) atoms. The molecule has 5 nitrogen and oxygen atoms in total. The number of amides is 1. The predicted molar refractivity (Wildman–Crippen MR) is 105 cm³/mol. The Hall–Kier alpha value is -2.25. The van der Waals surface area contributed by atoms with E-state index in [1.807, 2.05) is 40.7 Å². The predicted octanol–water partition coefficient (Wildman–Crippen LogP) is 2.98. The lowest BCUT2D eigenvalue weighted by Gasteiger charge is -2.32. The summed E-state index contributed by atoms with van der Waals surface area (Å²) in [4.78, 5) is 18.4. The molecule has 0 atom stereocenters. The molecule has 1 saturated heterocycles. The van der Waals surface area contributed by atoms with Crippen LogP contribution in [-0.4, -0.2) is 34.1 Å². The molecule has 3 heterocycles. The highest BCUT2D eigenvalue weighted by atomic mass is 19.1. The number of aromatic nitrogens is 1. The molecule has 2 aliphatic rings.